The van der Waals surface area contributed by atoms with Crippen molar-refractivity contribution in [3.8, 4) is 0 Å². The Morgan fingerprint density at radius 3 is 2.88 bits per heavy atom. The Bertz CT molecular complexity index is 333. The second kappa shape index (κ2) is 6.33. The van der Waals surface area contributed by atoms with E-state index in [1.54, 1.807) is 12.1 Å². The summed E-state index contributed by atoms with van der Waals surface area (Å²) in [5.41, 5.74) is 5.94. The number of carbonyl (C=O) groups is 1. The molecule has 0 aliphatic heterocycles. The van der Waals surface area contributed by atoms with Crippen molar-refractivity contribution in [2.75, 3.05) is 7.11 Å². The molecule has 1 atom stereocenters. The molecular weight excluding hydrogens is 206 g/mol. The van der Waals surface area contributed by atoms with E-state index in [-0.39, 0.29) is 11.8 Å². The first-order chi connectivity index (χ1) is 7.69. The summed E-state index contributed by atoms with van der Waals surface area (Å²) < 4.78 is 9.88. The van der Waals surface area contributed by atoms with Crippen LogP contribution in [0.5, 0.6) is 0 Å². The van der Waals surface area contributed by atoms with E-state index in [4.69, 9.17) is 10.2 Å². The zero-order chi connectivity index (χ0) is 12.0. The van der Waals surface area contributed by atoms with E-state index in [1.165, 1.54) is 7.11 Å². The molecule has 2 N–H and O–H groups in total. The SMILES string of the molecule is CCCCCC(N)c1ccc(C(=O)OC)o1. The molecule has 1 aromatic heterocycles. The van der Waals surface area contributed by atoms with Gasteiger partial charge >= 0.3 is 5.97 Å². The Kier molecular flexibility index (Phi) is 5.05. The molecule has 0 amide bonds. The van der Waals surface area contributed by atoms with E-state index in [2.05, 4.69) is 11.7 Å². The molecule has 0 aliphatic carbocycles. The zero-order valence-electron chi connectivity index (χ0n) is 9.86. The zero-order valence-corrected chi connectivity index (χ0v) is 9.86. The number of hydrogen-bond donors (Lipinski definition) is 1. The van der Waals surface area contributed by atoms with Gasteiger partial charge in [-0.05, 0) is 18.6 Å². The van der Waals surface area contributed by atoms with Crippen LogP contribution in [-0.4, -0.2) is 13.1 Å². The fourth-order valence-corrected chi connectivity index (χ4v) is 1.52. The van der Waals surface area contributed by atoms with Crippen molar-refractivity contribution in [2.45, 2.75) is 38.6 Å². The second-order valence-corrected chi connectivity index (χ2v) is 3.80. The van der Waals surface area contributed by atoms with Gasteiger partial charge < -0.3 is 14.9 Å². The van der Waals surface area contributed by atoms with Gasteiger partial charge in [-0.3, -0.25) is 0 Å². The van der Waals surface area contributed by atoms with E-state index in [0.717, 1.165) is 25.7 Å². The summed E-state index contributed by atoms with van der Waals surface area (Å²) in [6.07, 6.45) is 4.28. The van der Waals surface area contributed by atoms with Crippen LogP contribution >= 0.6 is 0 Å². The molecule has 1 aromatic rings. The van der Waals surface area contributed by atoms with Crippen molar-refractivity contribution in [1.82, 2.24) is 0 Å². The van der Waals surface area contributed by atoms with Gasteiger partial charge in [-0.15, -0.1) is 0 Å². The molecule has 4 heteroatoms. The molecule has 1 rings (SSSR count). The molecule has 0 aliphatic rings. The highest BCUT2D eigenvalue weighted by Crippen LogP contribution is 2.20. The van der Waals surface area contributed by atoms with Gasteiger partial charge in [-0.2, -0.15) is 0 Å². The standard InChI is InChI=1S/C12H19NO3/c1-3-4-5-6-9(13)10-7-8-11(16-10)12(14)15-2/h7-9H,3-6,13H2,1-2H3. The highest BCUT2D eigenvalue weighted by Gasteiger charge is 2.15. The summed E-state index contributed by atoms with van der Waals surface area (Å²) >= 11 is 0. The van der Waals surface area contributed by atoms with Crippen molar-refractivity contribution in [2.24, 2.45) is 5.73 Å². The molecule has 0 radical (unpaired) electrons. The lowest BCUT2D eigenvalue weighted by Gasteiger charge is -2.07. The van der Waals surface area contributed by atoms with Crippen LogP contribution in [0.3, 0.4) is 0 Å². The largest absolute Gasteiger partial charge is 0.463 e. The van der Waals surface area contributed by atoms with Crippen LogP contribution in [0.2, 0.25) is 0 Å². The van der Waals surface area contributed by atoms with Crippen LogP contribution in [0.15, 0.2) is 16.5 Å². The number of furan rings is 1. The minimum Gasteiger partial charge on any atom is -0.463 e. The topological polar surface area (TPSA) is 65.5 Å². The van der Waals surface area contributed by atoms with Crippen molar-refractivity contribution in [1.29, 1.82) is 0 Å². The Hall–Kier alpha value is -1.29. The maximum atomic E-state index is 11.2. The van der Waals surface area contributed by atoms with E-state index < -0.39 is 5.97 Å². The molecule has 1 unspecified atom stereocenters. The van der Waals surface area contributed by atoms with Gasteiger partial charge in [0, 0.05) is 0 Å². The normalized spacial score (nSPS) is 12.4. The number of methoxy groups -OCH3 is 1. The monoisotopic (exact) mass is 225 g/mol. The van der Waals surface area contributed by atoms with E-state index >= 15 is 0 Å². The number of ether oxygens (including phenoxy) is 1. The minimum absolute atomic E-state index is 0.134. The molecule has 0 aromatic carbocycles. The highest BCUT2D eigenvalue weighted by atomic mass is 16.5. The van der Waals surface area contributed by atoms with Crippen molar-refractivity contribution in [3.63, 3.8) is 0 Å². The van der Waals surface area contributed by atoms with Crippen LogP contribution < -0.4 is 5.73 Å². The van der Waals surface area contributed by atoms with Crippen LogP contribution in [0.25, 0.3) is 0 Å². The molecule has 90 valence electrons. The van der Waals surface area contributed by atoms with Crippen molar-refractivity contribution in [3.05, 3.63) is 23.7 Å². The van der Waals surface area contributed by atoms with Crippen LogP contribution in [0.4, 0.5) is 0 Å². The predicted octanol–water partition coefficient (Wildman–Crippen LogP) is 2.65. The van der Waals surface area contributed by atoms with Gasteiger partial charge in [0.05, 0.1) is 13.2 Å². The van der Waals surface area contributed by atoms with Crippen LogP contribution in [-0.2, 0) is 4.74 Å². The van der Waals surface area contributed by atoms with E-state index in [1.807, 2.05) is 0 Å². The average Bonchev–Trinajstić information content (AvgIpc) is 2.77. The van der Waals surface area contributed by atoms with E-state index in [9.17, 15) is 4.79 Å². The first kappa shape index (κ1) is 12.8. The Labute approximate surface area is 95.8 Å². The average molecular weight is 225 g/mol. The summed E-state index contributed by atoms with van der Waals surface area (Å²) in [7, 11) is 1.33. The molecule has 0 fully saturated rings. The van der Waals surface area contributed by atoms with Crippen molar-refractivity contribution < 1.29 is 13.9 Å². The van der Waals surface area contributed by atoms with E-state index in [0.29, 0.717) is 5.76 Å². The summed E-state index contributed by atoms with van der Waals surface area (Å²) in [6.45, 7) is 2.15. The fraction of sp³-hybridized carbons (Fsp3) is 0.583. The van der Waals surface area contributed by atoms with Gasteiger partial charge in [0.1, 0.15) is 5.76 Å². The number of unbranched alkanes of at least 4 members (excludes halogenated alkanes) is 2. The quantitative estimate of drug-likeness (QED) is 0.597. The summed E-state index contributed by atoms with van der Waals surface area (Å²) in [4.78, 5) is 11.2. The summed E-state index contributed by atoms with van der Waals surface area (Å²) in [5.74, 6) is 0.395. The lowest BCUT2D eigenvalue weighted by molar-refractivity contribution is 0.0562. The number of rotatable bonds is 6. The van der Waals surface area contributed by atoms with Crippen LogP contribution in [0.1, 0.15) is 55.0 Å². The van der Waals surface area contributed by atoms with Crippen LogP contribution in [0, 0.1) is 0 Å². The third kappa shape index (κ3) is 3.38. The Morgan fingerprint density at radius 2 is 2.25 bits per heavy atom. The van der Waals surface area contributed by atoms with Crippen molar-refractivity contribution >= 4 is 5.97 Å². The Morgan fingerprint density at radius 1 is 1.50 bits per heavy atom. The third-order valence-corrected chi connectivity index (χ3v) is 2.50. The highest BCUT2D eigenvalue weighted by molar-refractivity contribution is 5.86. The van der Waals surface area contributed by atoms with Gasteiger partial charge in [0.25, 0.3) is 0 Å². The number of carbonyl (C=O) groups excluding carboxylic acids is 1. The maximum Gasteiger partial charge on any atom is 0.373 e. The first-order valence-electron chi connectivity index (χ1n) is 5.62. The maximum absolute atomic E-state index is 11.2. The molecule has 0 spiro atoms. The van der Waals surface area contributed by atoms with Gasteiger partial charge in [0.15, 0.2) is 0 Å². The van der Waals surface area contributed by atoms with Gasteiger partial charge in [-0.1, -0.05) is 26.2 Å². The molecule has 4 nitrogen and oxygen atoms in total. The second-order valence-electron chi connectivity index (χ2n) is 3.80. The predicted molar refractivity (Wildman–Crippen MR) is 61.1 cm³/mol. The summed E-state index contributed by atoms with van der Waals surface area (Å²) in [5, 5.41) is 0. The fourth-order valence-electron chi connectivity index (χ4n) is 1.52. The van der Waals surface area contributed by atoms with Gasteiger partial charge in [-0.25, -0.2) is 4.79 Å². The Balaban J connectivity index is 2.52. The molecule has 0 bridgehead atoms. The smallest absolute Gasteiger partial charge is 0.373 e. The molecule has 0 saturated carbocycles. The summed E-state index contributed by atoms with van der Waals surface area (Å²) in [6, 6.07) is 3.20. The minimum atomic E-state index is -0.466. The first-order valence-corrected chi connectivity index (χ1v) is 5.62. The lowest BCUT2D eigenvalue weighted by Crippen LogP contribution is -2.09. The molecular formula is C12H19NO3. The number of nitrogens with two attached hydrogens (primary N) is 1. The number of esters is 1. The molecule has 1 heterocycles. The van der Waals surface area contributed by atoms with Gasteiger partial charge in [0.2, 0.25) is 5.76 Å². The third-order valence-electron chi connectivity index (χ3n) is 2.50. The molecule has 16 heavy (non-hydrogen) atoms. The lowest BCUT2D eigenvalue weighted by atomic mass is 10.1. The number of hydrogen-bond acceptors (Lipinski definition) is 4. The molecule has 0 saturated heterocycles.